The largest absolute Gasteiger partial charge is 0.0679 e. The average molecular weight is 495 g/mol. The summed E-state index contributed by atoms with van der Waals surface area (Å²) in [6.45, 7) is 31.6. The van der Waals surface area contributed by atoms with Crippen molar-refractivity contribution in [3.63, 3.8) is 0 Å². The van der Waals surface area contributed by atoms with E-state index < -0.39 is 29.9 Å². The van der Waals surface area contributed by atoms with Crippen LogP contribution < -0.4 is 10.4 Å². The lowest BCUT2D eigenvalue weighted by Crippen LogP contribution is -3.06. The van der Waals surface area contributed by atoms with Crippen molar-refractivity contribution in [2.45, 2.75) is 103 Å². The van der Waals surface area contributed by atoms with Crippen LogP contribution in [0.15, 0.2) is 60.7 Å². The van der Waals surface area contributed by atoms with E-state index in [0.717, 1.165) is 0 Å². The van der Waals surface area contributed by atoms with Crippen LogP contribution >= 0.6 is 0 Å². The van der Waals surface area contributed by atoms with Gasteiger partial charge in [-0.05, 0) is 20.2 Å². The van der Waals surface area contributed by atoms with Crippen LogP contribution in [0, 0.1) is 0 Å². The molecule has 2 aromatic rings. The molecule has 0 unspecified atom stereocenters. The first kappa shape index (κ1) is 25.9. The molecule has 1 fully saturated rings. The van der Waals surface area contributed by atoms with Crippen molar-refractivity contribution in [1.82, 2.24) is 0 Å². The molecule has 4 heteroatoms. The number of hydrogen-bond acceptors (Lipinski definition) is 0. The van der Waals surface area contributed by atoms with E-state index in [9.17, 15) is 0 Å². The highest BCUT2D eigenvalue weighted by Gasteiger charge is 2.85. The molecule has 2 radical (unpaired) electrons. The van der Waals surface area contributed by atoms with Gasteiger partial charge in [0.25, 0.3) is 0 Å². The molecule has 0 saturated carbocycles. The first-order valence-electron chi connectivity index (χ1n) is 12.3. The van der Waals surface area contributed by atoms with Gasteiger partial charge >= 0.3 is 0 Å². The third-order valence-corrected chi connectivity index (χ3v) is 83.9. The topological polar surface area (TPSA) is 0 Å². The molecule has 1 heterocycles. The van der Waals surface area contributed by atoms with E-state index in [1.54, 1.807) is 10.4 Å². The molecule has 0 spiro atoms. The van der Waals surface area contributed by atoms with E-state index >= 15 is 0 Å². The molecular weight excluding hydrogens is 449 g/mol. The molecule has 0 N–H and O–H groups in total. The monoisotopic (exact) mass is 494 g/mol. The number of benzene rings is 2. The minimum absolute atomic E-state index is 0.381. The Hall–Kier alpha value is -0.692. The third kappa shape index (κ3) is 3.38. The van der Waals surface area contributed by atoms with Crippen LogP contribution in [0.4, 0.5) is 0 Å². The van der Waals surface area contributed by atoms with Gasteiger partial charge in [-0.3, -0.25) is 0 Å². The fourth-order valence-electron chi connectivity index (χ4n) is 8.08. The maximum absolute atomic E-state index is 2.63. The average Bonchev–Trinajstić information content (AvgIpc) is 2.58. The number of hydrogen-bond donors (Lipinski definition) is 0. The molecule has 1 aliphatic rings. The second kappa shape index (κ2) is 7.93. The molecule has 0 atom stereocenters. The molecule has 2 aromatic carbocycles. The molecule has 0 aliphatic carbocycles. The Morgan fingerprint density at radius 3 is 0.812 bits per heavy atom. The molecular formula is C28H46Si4. The van der Waals surface area contributed by atoms with E-state index in [0.29, 0.717) is 20.2 Å². The van der Waals surface area contributed by atoms with Gasteiger partial charge in [-0.25, -0.2) is 0 Å². The van der Waals surface area contributed by atoms with Crippen molar-refractivity contribution >= 4 is 40.3 Å². The molecule has 174 valence electrons. The summed E-state index contributed by atoms with van der Waals surface area (Å²) in [7, 11) is -5.00. The van der Waals surface area contributed by atoms with Gasteiger partial charge in [-0.15, -0.1) is 0 Å². The van der Waals surface area contributed by atoms with Crippen molar-refractivity contribution in [3.8, 4) is 0 Å². The van der Waals surface area contributed by atoms with Gasteiger partial charge in [0.15, 0.2) is 0 Å². The fraction of sp³-hybridized carbons (Fsp3) is 0.571. The van der Waals surface area contributed by atoms with E-state index in [1.165, 1.54) is 0 Å². The van der Waals surface area contributed by atoms with Crippen LogP contribution in [0.3, 0.4) is 0 Å². The van der Waals surface area contributed by atoms with Crippen LogP contribution in [0.1, 0.15) is 83.1 Å². The molecule has 1 saturated heterocycles. The fourth-order valence-corrected chi connectivity index (χ4v) is 122. The van der Waals surface area contributed by atoms with E-state index in [1.807, 2.05) is 0 Å². The summed E-state index contributed by atoms with van der Waals surface area (Å²) in [5.74, 6) is 0. The molecule has 32 heavy (non-hydrogen) atoms. The summed E-state index contributed by atoms with van der Waals surface area (Å²) < 4.78 is 0. The predicted molar refractivity (Wildman–Crippen MR) is 154 cm³/mol. The highest BCUT2D eigenvalue weighted by Crippen LogP contribution is 2.69. The summed E-state index contributed by atoms with van der Waals surface area (Å²) in [6.07, 6.45) is 0. The van der Waals surface area contributed by atoms with Crippen LogP contribution in [-0.4, -0.2) is 29.9 Å². The minimum Gasteiger partial charge on any atom is -0.0675 e. The van der Waals surface area contributed by atoms with Crippen molar-refractivity contribution in [1.29, 1.82) is 0 Å². The first-order chi connectivity index (χ1) is 14.5. The van der Waals surface area contributed by atoms with Crippen LogP contribution in [0.25, 0.3) is 0 Å². The van der Waals surface area contributed by atoms with Crippen molar-refractivity contribution in [3.05, 3.63) is 60.7 Å². The lowest BCUT2D eigenvalue weighted by Gasteiger charge is -2.80. The molecule has 1 aliphatic heterocycles. The SMILES string of the molecule is CC(C)(C)[Si]1(C(C)(C)C)[Si](c2ccccc2)[Si](C(C)(C)C)(C(C)(C)C)[Si]1c1ccccc1. The second-order valence-corrected chi connectivity index (χ2v) is 46.6. The van der Waals surface area contributed by atoms with Crippen LogP contribution in [0.5, 0.6) is 0 Å². The summed E-state index contributed by atoms with van der Waals surface area (Å²) in [4.78, 5) is 0. The zero-order chi connectivity index (χ0) is 24.4. The maximum atomic E-state index is 2.63. The van der Waals surface area contributed by atoms with Crippen molar-refractivity contribution in [2.75, 3.05) is 0 Å². The third-order valence-electron chi connectivity index (χ3n) is 8.12. The highest BCUT2D eigenvalue weighted by atomic mass is 30.2. The lowest BCUT2D eigenvalue weighted by atomic mass is 10.2. The normalized spacial score (nSPS) is 20.1. The van der Waals surface area contributed by atoms with Crippen molar-refractivity contribution < 1.29 is 0 Å². The van der Waals surface area contributed by atoms with Gasteiger partial charge in [0, 0.05) is 0 Å². The second-order valence-electron chi connectivity index (χ2n) is 14.0. The Labute approximate surface area is 203 Å². The molecule has 0 bridgehead atoms. The van der Waals surface area contributed by atoms with Crippen molar-refractivity contribution in [2.24, 2.45) is 0 Å². The Morgan fingerprint density at radius 1 is 0.406 bits per heavy atom. The zero-order valence-electron chi connectivity index (χ0n) is 22.8. The maximum Gasteiger partial charge on any atom is 0.0679 e. The Kier molecular flexibility index (Phi) is 6.42. The van der Waals surface area contributed by atoms with Gasteiger partial charge in [0.2, 0.25) is 0 Å². The van der Waals surface area contributed by atoms with Gasteiger partial charge in [-0.2, -0.15) is 0 Å². The Bertz CT molecular complexity index is 802. The molecule has 0 aromatic heterocycles. The molecule has 0 amide bonds. The van der Waals surface area contributed by atoms with E-state index in [2.05, 4.69) is 144 Å². The van der Waals surface area contributed by atoms with Crippen LogP contribution in [0.2, 0.25) is 20.2 Å². The minimum atomic E-state index is -1.78. The zero-order valence-corrected chi connectivity index (χ0v) is 26.8. The summed E-state index contributed by atoms with van der Waals surface area (Å²) in [5.41, 5.74) is 0. The van der Waals surface area contributed by atoms with Gasteiger partial charge in [-0.1, -0.05) is 154 Å². The summed E-state index contributed by atoms with van der Waals surface area (Å²) >= 11 is 0. The highest BCUT2D eigenvalue weighted by molar-refractivity contribution is 8.10. The first-order valence-corrected chi connectivity index (χ1v) is 23.3. The van der Waals surface area contributed by atoms with Crippen LogP contribution in [-0.2, 0) is 0 Å². The van der Waals surface area contributed by atoms with E-state index in [4.69, 9.17) is 0 Å². The Morgan fingerprint density at radius 2 is 0.625 bits per heavy atom. The molecule has 0 nitrogen and oxygen atoms in total. The Balaban J connectivity index is 2.58. The molecule has 3 rings (SSSR count). The van der Waals surface area contributed by atoms with Gasteiger partial charge in [0.05, 0.1) is 29.9 Å². The number of rotatable bonds is 2. The standard InChI is InChI=1S/C28H46Si4/c1-25(2,3)31(26(4,5)6)29(23-19-15-13-16-20-23)32(27(7,8)9,28(10,11)12)30(31)24-21-17-14-18-22-24/h13-22H,1-12H3. The van der Waals surface area contributed by atoms with Gasteiger partial charge in [0.1, 0.15) is 0 Å². The lowest BCUT2D eigenvalue weighted by molar-refractivity contribution is 0.630. The quantitative estimate of drug-likeness (QED) is 0.387. The van der Waals surface area contributed by atoms with E-state index in [-0.39, 0.29) is 0 Å². The summed E-state index contributed by atoms with van der Waals surface area (Å²) in [6, 6.07) is 23.9. The van der Waals surface area contributed by atoms with Gasteiger partial charge < -0.3 is 0 Å². The smallest absolute Gasteiger partial charge is 0.0675 e. The predicted octanol–water partition coefficient (Wildman–Crippen LogP) is 7.22. The summed E-state index contributed by atoms with van der Waals surface area (Å²) in [5, 5.41) is 5.04.